The molecule has 1 amide bonds. The van der Waals surface area contributed by atoms with Gasteiger partial charge in [0.05, 0.1) is 34.7 Å². The fourth-order valence-electron chi connectivity index (χ4n) is 3.52. The molecule has 6 heteroatoms. The summed E-state index contributed by atoms with van der Waals surface area (Å²) in [6, 6.07) is 13.2. The number of pyridine rings is 2. The maximum absolute atomic E-state index is 13.3. The van der Waals surface area contributed by atoms with Crippen molar-refractivity contribution in [2.45, 2.75) is 26.8 Å². The van der Waals surface area contributed by atoms with E-state index in [1.54, 1.807) is 12.4 Å². The van der Waals surface area contributed by atoms with E-state index in [1.807, 2.05) is 75.0 Å². The molecule has 1 atom stereocenters. The lowest BCUT2D eigenvalue weighted by Crippen LogP contribution is -2.27. The molecule has 1 N–H and O–H groups in total. The van der Waals surface area contributed by atoms with E-state index in [4.69, 9.17) is 4.98 Å². The fourth-order valence-corrected chi connectivity index (χ4v) is 3.52. The zero-order valence-electron chi connectivity index (χ0n) is 17.0. The minimum Gasteiger partial charge on any atom is -0.345 e. The Morgan fingerprint density at radius 3 is 2.62 bits per heavy atom. The highest BCUT2D eigenvalue weighted by Crippen LogP contribution is 2.26. The zero-order valence-corrected chi connectivity index (χ0v) is 17.0. The van der Waals surface area contributed by atoms with E-state index >= 15 is 0 Å². The van der Waals surface area contributed by atoms with E-state index in [0.717, 1.165) is 33.4 Å². The Balaban J connectivity index is 1.78. The molecule has 29 heavy (non-hydrogen) atoms. The average molecular weight is 385 g/mol. The van der Waals surface area contributed by atoms with Gasteiger partial charge in [0.15, 0.2) is 0 Å². The quantitative estimate of drug-likeness (QED) is 0.573. The zero-order chi connectivity index (χ0) is 20.5. The van der Waals surface area contributed by atoms with Crippen LogP contribution in [0, 0.1) is 13.8 Å². The van der Waals surface area contributed by atoms with Crippen molar-refractivity contribution < 1.29 is 4.79 Å². The van der Waals surface area contributed by atoms with Gasteiger partial charge in [0.1, 0.15) is 0 Å². The first-order chi connectivity index (χ1) is 14.0. The molecule has 4 aromatic rings. The molecule has 6 nitrogen and oxygen atoms in total. The smallest absolute Gasteiger partial charge is 0.252 e. The second kappa shape index (κ2) is 7.47. The molecule has 1 aromatic carbocycles. The van der Waals surface area contributed by atoms with Crippen LogP contribution in [0.5, 0.6) is 0 Å². The summed E-state index contributed by atoms with van der Waals surface area (Å²) >= 11 is 0. The molecule has 0 aliphatic heterocycles. The molecule has 0 fully saturated rings. The number of carbonyl (C=O) groups excluding carboxylic acids is 1. The van der Waals surface area contributed by atoms with Crippen molar-refractivity contribution in [1.29, 1.82) is 0 Å². The molecular weight excluding hydrogens is 362 g/mol. The maximum atomic E-state index is 13.3. The molecule has 0 bridgehead atoms. The molecule has 0 radical (unpaired) electrons. The normalized spacial score (nSPS) is 12.1. The molecular formula is C23H23N5O. The van der Waals surface area contributed by atoms with Crippen LogP contribution < -0.4 is 5.32 Å². The predicted octanol–water partition coefficient (Wildman–Crippen LogP) is 4.14. The van der Waals surface area contributed by atoms with E-state index in [9.17, 15) is 4.79 Å². The van der Waals surface area contributed by atoms with E-state index in [2.05, 4.69) is 15.4 Å². The van der Waals surface area contributed by atoms with Gasteiger partial charge in [-0.25, -0.2) is 4.98 Å². The Kier molecular flexibility index (Phi) is 4.84. The Hall–Kier alpha value is -3.54. The standard InChI is InChI=1S/C23H23N5O/c1-14-8-7-9-17-18(12-21(27-22(14)17)20-10-5-6-11-24-20)23(29)26-15(2)19-13-25-28(4)16(19)3/h5-13,15H,1-4H3,(H,26,29)/t15-/m0/s1. The topological polar surface area (TPSA) is 72.7 Å². The Morgan fingerprint density at radius 1 is 1.10 bits per heavy atom. The first kappa shape index (κ1) is 18.8. The summed E-state index contributed by atoms with van der Waals surface area (Å²) in [7, 11) is 1.89. The number of nitrogens with zero attached hydrogens (tertiary/aromatic N) is 4. The third-order valence-electron chi connectivity index (χ3n) is 5.30. The molecule has 4 rings (SSSR count). The van der Waals surface area contributed by atoms with Crippen LogP contribution in [-0.4, -0.2) is 25.7 Å². The number of amides is 1. The highest BCUT2D eigenvalue weighted by Gasteiger charge is 2.19. The van der Waals surface area contributed by atoms with Gasteiger partial charge in [0, 0.05) is 29.9 Å². The highest BCUT2D eigenvalue weighted by atomic mass is 16.1. The molecule has 0 saturated carbocycles. The summed E-state index contributed by atoms with van der Waals surface area (Å²) < 4.78 is 1.81. The number of aromatic nitrogens is 4. The number of hydrogen-bond donors (Lipinski definition) is 1. The second-order valence-corrected chi connectivity index (χ2v) is 7.25. The third-order valence-corrected chi connectivity index (χ3v) is 5.30. The monoisotopic (exact) mass is 385 g/mol. The van der Waals surface area contributed by atoms with Gasteiger partial charge >= 0.3 is 0 Å². The van der Waals surface area contributed by atoms with Gasteiger partial charge in [-0.1, -0.05) is 24.3 Å². The summed E-state index contributed by atoms with van der Waals surface area (Å²) in [4.78, 5) is 22.5. The minimum atomic E-state index is -0.164. The third kappa shape index (κ3) is 3.49. The van der Waals surface area contributed by atoms with E-state index in [0.29, 0.717) is 11.3 Å². The molecule has 3 aromatic heterocycles. The molecule has 0 spiro atoms. The van der Waals surface area contributed by atoms with Crippen molar-refractivity contribution in [3.63, 3.8) is 0 Å². The second-order valence-electron chi connectivity index (χ2n) is 7.25. The lowest BCUT2D eigenvalue weighted by molar-refractivity contribution is 0.0941. The van der Waals surface area contributed by atoms with Crippen molar-refractivity contribution in [3.8, 4) is 11.4 Å². The van der Waals surface area contributed by atoms with Crippen LogP contribution in [0.4, 0.5) is 0 Å². The summed E-state index contributed by atoms with van der Waals surface area (Å²) in [6.45, 7) is 5.96. The number of carbonyl (C=O) groups is 1. The van der Waals surface area contributed by atoms with Crippen LogP contribution in [0.15, 0.2) is 54.9 Å². The number of nitrogens with one attached hydrogen (secondary N) is 1. The SMILES string of the molecule is Cc1cccc2c(C(=O)N[C@@H](C)c3cnn(C)c3C)cc(-c3ccccn3)nc12. The van der Waals surface area contributed by atoms with Crippen molar-refractivity contribution in [1.82, 2.24) is 25.1 Å². The van der Waals surface area contributed by atoms with Crippen LogP contribution in [0.2, 0.25) is 0 Å². The first-order valence-corrected chi connectivity index (χ1v) is 9.57. The summed E-state index contributed by atoms with van der Waals surface area (Å²) in [5, 5.41) is 8.23. The van der Waals surface area contributed by atoms with E-state index < -0.39 is 0 Å². The lowest BCUT2D eigenvalue weighted by atomic mass is 10.0. The maximum Gasteiger partial charge on any atom is 0.252 e. The number of para-hydroxylation sites is 1. The van der Waals surface area contributed by atoms with Gasteiger partial charge in [-0.3, -0.25) is 14.5 Å². The Bertz CT molecular complexity index is 1200. The van der Waals surface area contributed by atoms with Crippen LogP contribution in [0.3, 0.4) is 0 Å². The van der Waals surface area contributed by atoms with Gasteiger partial charge in [0.25, 0.3) is 5.91 Å². The predicted molar refractivity (Wildman–Crippen MR) is 114 cm³/mol. The highest BCUT2D eigenvalue weighted by molar-refractivity contribution is 6.07. The van der Waals surface area contributed by atoms with Crippen molar-refractivity contribution in [3.05, 3.63) is 77.2 Å². The van der Waals surface area contributed by atoms with Crippen molar-refractivity contribution in [2.24, 2.45) is 7.05 Å². The molecule has 146 valence electrons. The van der Waals surface area contributed by atoms with Crippen LogP contribution >= 0.6 is 0 Å². The molecule has 0 unspecified atom stereocenters. The van der Waals surface area contributed by atoms with Crippen molar-refractivity contribution in [2.75, 3.05) is 0 Å². The van der Waals surface area contributed by atoms with Gasteiger partial charge < -0.3 is 5.32 Å². The number of fused-ring (bicyclic) bond motifs is 1. The summed E-state index contributed by atoms with van der Waals surface area (Å²) in [5.74, 6) is -0.143. The van der Waals surface area contributed by atoms with Gasteiger partial charge in [-0.15, -0.1) is 0 Å². The Labute approximate surface area is 169 Å². The molecule has 3 heterocycles. The minimum absolute atomic E-state index is 0.143. The number of rotatable bonds is 4. The van der Waals surface area contributed by atoms with Crippen molar-refractivity contribution >= 4 is 16.8 Å². The van der Waals surface area contributed by atoms with Crippen LogP contribution in [0.1, 0.15) is 40.1 Å². The van der Waals surface area contributed by atoms with Gasteiger partial charge in [0.2, 0.25) is 0 Å². The average Bonchev–Trinajstić information content (AvgIpc) is 3.07. The van der Waals surface area contributed by atoms with Gasteiger partial charge in [-0.2, -0.15) is 5.10 Å². The van der Waals surface area contributed by atoms with Crippen LogP contribution in [-0.2, 0) is 7.05 Å². The van der Waals surface area contributed by atoms with Crippen LogP contribution in [0.25, 0.3) is 22.3 Å². The molecule has 0 aliphatic carbocycles. The number of hydrogen-bond acceptors (Lipinski definition) is 4. The number of aryl methyl sites for hydroxylation is 2. The Morgan fingerprint density at radius 2 is 1.93 bits per heavy atom. The largest absolute Gasteiger partial charge is 0.345 e. The fraction of sp³-hybridized carbons (Fsp3) is 0.217. The van der Waals surface area contributed by atoms with E-state index in [-0.39, 0.29) is 11.9 Å². The first-order valence-electron chi connectivity index (χ1n) is 9.57. The van der Waals surface area contributed by atoms with Gasteiger partial charge in [-0.05, 0) is 44.5 Å². The number of benzene rings is 1. The molecule has 0 aliphatic rings. The summed E-state index contributed by atoms with van der Waals surface area (Å²) in [5.41, 5.74) is 5.87. The van der Waals surface area contributed by atoms with E-state index in [1.165, 1.54) is 0 Å². The lowest BCUT2D eigenvalue weighted by Gasteiger charge is -2.16. The summed E-state index contributed by atoms with van der Waals surface area (Å²) in [6.07, 6.45) is 3.53. The molecule has 0 saturated heterocycles.